The molecule has 0 aliphatic heterocycles. The number of hydrogen-bond donors (Lipinski definition) is 1. The molecule has 1 atom stereocenters. The number of nitrogens with two attached hydrogens (primary N) is 1. The van der Waals surface area contributed by atoms with E-state index >= 15 is 0 Å². The fourth-order valence-electron chi connectivity index (χ4n) is 1.48. The van der Waals surface area contributed by atoms with Crippen LogP contribution in [0.25, 0.3) is 0 Å². The van der Waals surface area contributed by atoms with Crippen LogP contribution in [0.5, 0.6) is 0 Å². The molecule has 0 aliphatic rings. The zero-order valence-electron chi connectivity index (χ0n) is 10.0. The van der Waals surface area contributed by atoms with E-state index in [4.69, 9.17) is 5.73 Å². The van der Waals surface area contributed by atoms with Crippen LogP contribution in [0, 0.1) is 11.8 Å². The van der Waals surface area contributed by atoms with E-state index < -0.39 is 0 Å². The van der Waals surface area contributed by atoms with Gasteiger partial charge in [0, 0.05) is 18.9 Å². The Hall–Kier alpha value is -0.370. The molecule has 0 aromatic heterocycles. The summed E-state index contributed by atoms with van der Waals surface area (Å²) in [6.45, 7) is 8.41. The van der Waals surface area contributed by atoms with Crippen LogP contribution in [0.2, 0.25) is 0 Å². The van der Waals surface area contributed by atoms with Crippen molar-refractivity contribution in [1.82, 2.24) is 0 Å². The third kappa shape index (κ3) is 5.38. The molecule has 0 saturated heterocycles. The smallest absolute Gasteiger partial charge is 0.134 e. The molecular formula is C12H25NO. The Morgan fingerprint density at radius 1 is 1.14 bits per heavy atom. The SMILES string of the molecule is CCC(CC)CC(=O)CC(N)C(C)C. The van der Waals surface area contributed by atoms with Gasteiger partial charge in [0.15, 0.2) is 0 Å². The van der Waals surface area contributed by atoms with Crippen molar-refractivity contribution in [2.75, 3.05) is 0 Å². The van der Waals surface area contributed by atoms with Gasteiger partial charge in [0.2, 0.25) is 0 Å². The van der Waals surface area contributed by atoms with Gasteiger partial charge in [-0.1, -0.05) is 40.5 Å². The Morgan fingerprint density at radius 3 is 2.00 bits per heavy atom. The summed E-state index contributed by atoms with van der Waals surface area (Å²) in [5, 5.41) is 0. The van der Waals surface area contributed by atoms with Crippen molar-refractivity contribution in [3.63, 3.8) is 0 Å². The first-order valence-electron chi connectivity index (χ1n) is 5.78. The summed E-state index contributed by atoms with van der Waals surface area (Å²) in [4.78, 5) is 11.6. The molecule has 0 rings (SSSR count). The first-order valence-corrected chi connectivity index (χ1v) is 5.78. The van der Waals surface area contributed by atoms with Crippen molar-refractivity contribution in [2.45, 2.75) is 59.4 Å². The van der Waals surface area contributed by atoms with Crippen LogP contribution in [0.3, 0.4) is 0 Å². The second-order valence-electron chi connectivity index (χ2n) is 4.54. The van der Waals surface area contributed by atoms with Crippen LogP contribution in [0.15, 0.2) is 0 Å². The third-order valence-electron chi connectivity index (χ3n) is 2.99. The lowest BCUT2D eigenvalue weighted by Crippen LogP contribution is -2.29. The molecule has 0 fully saturated rings. The van der Waals surface area contributed by atoms with Gasteiger partial charge in [-0.25, -0.2) is 0 Å². The van der Waals surface area contributed by atoms with Crippen LogP contribution in [-0.4, -0.2) is 11.8 Å². The molecule has 14 heavy (non-hydrogen) atoms. The van der Waals surface area contributed by atoms with Crippen LogP contribution >= 0.6 is 0 Å². The Labute approximate surface area is 88.3 Å². The predicted molar refractivity (Wildman–Crippen MR) is 61.1 cm³/mol. The molecule has 0 aromatic carbocycles. The fourth-order valence-corrected chi connectivity index (χ4v) is 1.48. The number of rotatable bonds is 7. The van der Waals surface area contributed by atoms with E-state index in [9.17, 15) is 4.79 Å². The van der Waals surface area contributed by atoms with Crippen LogP contribution in [0.1, 0.15) is 53.4 Å². The average molecular weight is 199 g/mol. The molecule has 0 aliphatic carbocycles. The molecule has 0 aromatic rings. The quantitative estimate of drug-likeness (QED) is 0.685. The summed E-state index contributed by atoms with van der Waals surface area (Å²) in [5.41, 5.74) is 5.86. The van der Waals surface area contributed by atoms with Gasteiger partial charge in [0.05, 0.1) is 0 Å². The zero-order valence-corrected chi connectivity index (χ0v) is 10.0. The highest BCUT2D eigenvalue weighted by molar-refractivity contribution is 5.79. The van der Waals surface area contributed by atoms with Crippen molar-refractivity contribution in [3.8, 4) is 0 Å². The fraction of sp³-hybridized carbons (Fsp3) is 0.917. The van der Waals surface area contributed by atoms with Crippen molar-refractivity contribution in [3.05, 3.63) is 0 Å². The lowest BCUT2D eigenvalue weighted by Gasteiger charge is -2.16. The molecule has 0 saturated carbocycles. The summed E-state index contributed by atoms with van der Waals surface area (Å²) in [5.74, 6) is 1.29. The van der Waals surface area contributed by atoms with Gasteiger partial charge >= 0.3 is 0 Å². The maximum absolute atomic E-state index is 11.6. The minimum Gasteiger partial charge on any atom is -0.327 e. The molecule has 0 radical (unpaired) electrons. The molecule has 0 heterocycles. The number of hydrogen-bond acceptors (Lipinski definition) is 2. The first kappa shape index (κ1) is 13.6. The second-order valence-corrected chi connectivity index (χ2v) is 4.54. The Kier molecular flexibility index (Phi) is 6.81. The third-order valence-corrected chi connectivity index (χ3v) is 2.99. The number of carbonyl (C=O) groups excluding carboxylic acids is 1. The highest BCUT2D eigenvalue weighted by atomic mass is 16.1. The first-order chi connectivity index (χ1) is 6.51. The Balaban J connectivity index is 3.85. The highest BCUT2D eigenvalue weighted by Crippen LogP contribution is 2.15. The van der Waals surface area contributed by atoms with E-state index in [-0.39, 0.29) is 6.04 Å². The predicted octanol–water partition coefficient (Wildman–Crippen LogP) is 2.76. The molecular weight excluding hydrogens is 174 g/mol. The van der Waals surface area contributed by atoms with Gasteiger partial charge in [0.1, 0.15) is 5.78 Å². The summed E-state index contributed by atoms with van der Waals surface area (Å²) >= 11 is 0. The van der Waals surface area contributed by atoms with Gasteiger partial charge < -0.3 is 5.73 Å². The van der Waals surface area contributed by atoms with Gasteiger partial charge in [-0.2, -0.15) is 0 Å². The average Bonchev–Trinajstić information content (AvgIpc) is 2.13. The molecule has 84 valence electrons. The van der Waals surface area contributed by atoms with E-state index in [0.717, 1.165) is 12.8 Å². The molecule has 1 unspecified atom stereocenters. The van der Waals surface area contributed by atoms with E-state index in [0.29, 0.717) is 30.5 Å². The van der Waals surface area contributed by atoms with E-state index in [2.05, 4.69) is 27.7 Å². The molecule has 0 amide bonds. The summed E-state index contributed by atoms with van der Waals surface area (Å²) in [7, 11) is 0. The van der Waals surface area contributed by atoms with Crippen molar-refractivity contribution in [2.24, 2.45) is 17.6 Å². The van der Waals surface area contributed by atoms with Crippen LogP contribution in [0.4, 0.5) is 0 Å². The maximum atomic E-state index is 11.6. The monoisotopic (exact) mass is 199 g/mol. The van der Waals surface area contributed by atoms with Crippen molar-refractivity contribution in [1.29, 1.82) is 0 Å². The minimum atomic E-state index is 0.0388. The second kappa shape index (κ2) is 6.99. The van der Waals surface area contributed by atoms with Crippen LogP contribution < -0.4 is 5.73 Å². The Bertz CT molecular complexity index is 156. The molecule has 2 heteroatoms. The number of ketones is 1. The molecule has 0 bridgehead atoms. The normalized spacial score (nSPS) is 13.6. The van der Waals surface area contributed by atoms with Gasteiger partial charge in [-0.05, 0) is 11.8 Å². The van der Waals surface area contributed by atoms with Gasteiger partial charge in [0.25, 0.3) is 0 Å². The lowest BCUT2D eigenvalue weighted by molar-refractivity contribution is -0.120. The van der Waals surface area contributed by atoms with Gasteiger partial charge in [-0.3, -0.25) is 4.79 Å². The Morgan fingerprint density at radius 2 is 1.64 bits per heavy atom. The van der Waals surface area contributed by atoms with E-state index in [1.54, 1.807) is 0 Å². The zero-order chi connectivity index (χ0) is 11.1. The van der Waals surface area contributed by atoms with Gasteiger partial charge in [-0.15, -0.1) is 0 Å². The molecule has 2 nitrogen and oxygen atoms in total. The highest BCUT2D eigenvalue weighted by Gasteiger charge is 2.15. The van der Waals surface area contributed by atoms with E-state index in [1.165, 1.54) is 0 Å². The largest absolute Gasteiger partial charge is 0.327 e. The standard InChI is InChI=1S/C12H25NO/c1-5-10(6-2)7-11(14)8-12(13)9(3)4/h9-10,12H,5-8,13H2,1-4H3. The van der Waals surface area contributed by atoms with Crippen molar-refractivity contribution < 1.29 is 4.79 Å². The molecule has 0 spiro atoms. The topological polar surface area (TPSA) is 43.1 Å². The summed E-state index contributed by atoms with van der Waals surface area (Å²) in [6, 6.07) is 0.0388. The van der Waals surface area contributed by atoms with Crippen molar-refractivity contribution >= 4 is 5.78 Å². The van der Waals surface area contributed by atoms with Crippen LogP contribution in [-0.2, 0) is 4.79 Å². The maximum Gasteiger partial charge on any atom is 0.134 e. The minimum absolute atomic E-state index is 0.0388. The number of carbonyl (C=O) groups is 1. The van der Waals surface area contributed by atoms with E-state index in [1.807, 2.05) is 0 Å². The summed E-state index contributed by atoms with van der Waals surface area (Å²) in [6.07, 6.45) is 3.46. The number of Topliss-reactive ketones (excluding diaryl/α,β-unsaturated/α-hetero) is 1. The molecule has 2 N–H and O–H groups in total. The summed E-state index contributed by atoms with van der Waals surface area (Å²) < 4.78 is 0. The lowest BCUT2D eigenvalue weighted by atomic mass is 9.92.